The first-order chi connectivity index (χ1) is 13.2. The number of carbonyl (C=O) groups excluding carboxylic acids is 1. The zero-order valence-corrected chi connectivity index (χ0v) is 17.8. The van der Waals surface area contributed by atoms with E-state index in [0.717, 1.165) is 38.5 Å². The van der Waals surface area contributed by atoms with E-state index in [2.05, 4.69) is 6.92 Å². The van der Waals surface area contributed by atoms with Crippen LogP contribution in [0.1, 0.15) is 122 Å². The minimum atomic E-state index is -0.223. The monoisotopic (exact) mass is 380 g/mol. The number of aliphatic hydroxyl groups excluding tert-OH is 1. The van der Waals surface area contributed by atoms with Crippen molar-refractivity contribution in [2.45, 2.75) is 135 Å². The molecule has 0 fully saturated rings. The lowest BCUT2D eigenvalue weighted by atomic mass is 10.0. The van der Waals surface area contributed by atoms with E-state index >= 15 is 0 Å². The maximum atomic E-state index is 11.2. The first kappa shape index (κ1) is 24.2. The van der Waals surface area contributed by atoms with Gasteiger partial charge in [-0.2, -0.15) is 0 Å². The summed E-state index contributed by atoms with van der Waals surface area (Å²) in [5.74, 6) is -0.223. The molecule has 0 saturated heterocycles. The molecule has 2 atom stereocenters. The summed E-state index contributed by atoms with van der Waals surface area (Å²) in [4.78, 5) is 11.2. The van der Waals surface area contributed by atoms with Gasteiger partial charge >= 0.3 is 5.97 Å². The Balaban J connectivity index is 1.78. The molecular weight excluding hydrogens is 336 g/mol. The summed E-state index contributed by atoms with van der Waals surface area (Å²) in [5, 5.41) is 10.1. The van der Waals surface area contributed by atoms with E-state index in [1.807, 2.05) is 6.08 Å². The summed E-state index contributed by atoms with van der Waals surface area (Å²) in [7, 11) is 0. The van der Waals surface area contributed by atoms with Crippen molar-refractivity contribution in [2.24, 2.45) is 0 Å². The van der Waals surface area contributed by atoms with Gasteiger partial charge in [-0.15, -0.1) is 0 Å². The number of rotatable bonds is 18. The highest BCUT2D eigenvalue weighted by Gasteiger charge is 2.16. The molecule has 0 aromatic heterocycles. The summed E-state index contributed by atoms with van der Waals surface area (Å²) in [6.07, 6.45) is 25.3. The molecule has 1 aliphatic heterocycles. The van der Waals surface area contributed by atoms with E-state index in [0.29, 0.717) is 0 Å². The van der Waals surface area contributed by atoms with Crippen LogP contribution in [0.15, 0.2) is 12.2 Å². The number of unbranched alkanes of at least 4 members (excludes halogenated alkanes) is 12. The van der Waals surface area contributed by atoms with E-state index in [1.165, 1.54) is 83.1 Å². The van der Waals surface area contributed by atoms with Gasteiger partial charge in [0.25, 0.3) is 0 Å². The highest BCUT2D eigenvalue weighted by molar-refractivity contribution is 5.82. The third kappa shape index (κ3) is 14.8. The van der Waals surface area contributed by atoms with E-state index < -0.39 is 0 Å². The fraction of sp³-hybridized carbons (Fsp3) is 0.875. The zero-order chi connectivity index (χ0) is 19.6. The molecule has 1 rings (SSSR count). The number of cyclic esters (lactones) is 1. The maximum absolute atomic E-state index is 11.2. The third-order valence-corrected chi connectivity index (χ3v) is 5.64. The van der Waals surface area contributed by atoms with Crippen LogP contribution in [-0.4, -0.2) is 23.3 Å². The lowest BCUT2D eigenvalue weighted by Crippen LogP contribution is -2.20. The van der Waals surface area contributed by atoms with E-state index in [-0.39, 0.29) is 18.2 Å². The van der Waals surface area contributed by atoms with Crippen molar-refractivity contribution in [2.75, 3.05) is 0 Å². The van der Waals surface area contributed by atoms with E-state index in [9.17, 15) is 9.90 Å². The normalized spacial score (nSPS) is 17.9. The molecule has 158 valence electrons. The predicted molar refractivity (Wildman–Crippen MR) is 114 cm³/mol. The van der Waals surface area contributed by atoms with Crippen LogP contribution in [0.5, 0.6) is 0 Å². The second-order valence-corrected chi connectivity index (χ2v) is 8.31. The van der Waals surface area contributed by atoms with Crippen molar-refractivity contribution in [3.8, 4) is 0 Å². The smallest absolute Gasteiger partial charge is 0.330 e. The number of aliphatic hydroxyl groups is 1. The molecule has 27 heavy (non-hydrogen) atoms. The molecule has 1 heterocycles. The van der Waals surface area contributed by atoms with Crippen LogP contribution in [0.2, 0.25) is 0 Å². The molecule has 0 amide bonds. The highest BCUT2D eigenvalue weighted by Crippen LogP contribution is 2.17. The largest absolute Gasteiger partial charge is 0.459 e. The van der Waals surface area contributed by atoms with Gasteiger partial charge in [-0.3, -0.25) is 0 Å². The third-order valence-electron chi connectivity index (χ3n) is 5.64. The van der Waals surface area contributed by atoms with Crippen LogP contribution >= 0.6 is 0 Å². The molecule has 0 radical (unpaired) electrons. The lowest BCUT2D eigenvalue weighted by molar-refractivity contribution is -0.144. The number of carbonyl (C=O) groups is 1. The summed E-state index contributed by atoms with van der Waals surface area (Å²) in [6.45, 7) is 2.27. The Morgan fingerprint density at radius 1 is 0.889 bits per heavy atom. The molecule has 0 aromatic rings. The molecule has 0 bridgehead atoms. The molecule has 0 aliphatic carbocycles. The quantitative estimate of drug-likeness (QED) is 0.208. The molecule has 0 spiro atoms. The summed E-state index contributed by atoms with van der Waals surface area (Å²) >= 11 is 0. The van der Waals surface area contributed by atoms with Crippen LogP contribution in [0.4, 0.5) is 0 Å². The minimum Gasteiger partial charge on any atom is -0.459 e. The van der Waals surface area contributed by atoms with Crippen molar-refractivity contribution < 1.29 is 14.6 Å². The van der Waals surface area contributed by atoms with Crippen molar-refractivity contribution in [3.63, 3.8) is 0 Å². The van der Waals surface area contributed by atoms with Crippen molar-refractivity contribution in [1.82, 2.24) is 0 Å². The van der Waals surface area contributed by atoms with Gasteiger partial charge in [-0.05, 0) is 25.7 Å². The van der Waals surface area contributed by atoms with Crippen LogP contribution < -0.4 is 0 Å². The standard InChI is InChI=1S/C24H44O3/c1-2-3-4-5-6-7-8-9-10-11-12-13-14-17-22(25)18-15-19-23-20-16-21-24(26)27-23/h16,21-23,25H,2-15,17-20H2,1H3/t22-,23-/m0/s1. The van der Waals surface area contributed by atoms with Gasteiger partial charge in [0, 0.05) is 12.5 Å². The molecule has 3 nitrogen and oxygen atoms in total. The first-order valence-electron chi connectivity index (χ1n) is 11.8. The van der Waals surface area contributed by atoms with Gasteiger partial charge in [0.2, 0.25) is 0 Å². The molecule has 1 N–H and O–H groups in total. The molecular formula is C24H44O3. The van der Waals surface area contributed by atoms with Gasteiger partial charge in [0.15, 0.2) is 0 Å². The summed E-state index contributed by atoms with van der Waals surface area (Å²) in [6, 6.07) is 0. The molecule has 0 aromatic carbocycles. The van der Waals surface area contributed by atoms with E-state index in [4.69, 9.17) is 4.74 Å². The number of esters is 1. The van der Waals surface area contributed by atoms with Gasteiger partial charge < -0.3 is 9.84 Å². The van der Waals surface area contributed by atoms with Crippen molar-refractivity contribution in [1.29, 1.82) is 0 Å². The zero-order valence-electron chi connectivity index (χ0n) is 17.8. The second-order valence-electron chi connectivity index (χ2n) is 8.31. The lowest BCUT2D eigenvalue weighted by Gasteiger charge is -2.19. The summed E-state index contributed by atoms with van der Waals surface area (Å²) in [5.41, 5.74) is 0. The van der Waals surface area contributed by atoms with Gasteiger partial charge in [-0.25, -0.2) is 4.79 Å². The first-order valence-corrected chi connectivity index (χ1v) is 11.8. The number of hydrogen-bond acceptors (Lipinski definition) is 3. The maximum Gasteiger partial charge on any atom is 0.330 e. The molecule has 1 aliphatic rings. The van der Waals surface area contributed by atoms with Crippen LogP contribution in [-0.2, 0) is 9.53 Å². The fourth-order valence-electron chi connectivity index (χ4n) is 3.87. The average Bonchev–Trinajstić information content (AvgIpc) is 2.65. The Labute approximate surface area is 168 Å². The Morgan fingerprint density at radius 2 is 1.41 bits per heavy atom. The predicted octanol–water partition coefficient (Wildman–Crippen LogP) is 6.87. The Bertz CT molecular complexity index is 378. The SMILES string of the molecule is CCCCCCCCCCCCCCC[C@H](O)CCC[C@H]1CC=CC(=O)O1. The topological polar surface area (TPSA) is 46.5 Å². The molecule has 3 heteroatoms. The highest BCUT2D eigenvalue weighted by atomic mass is 16.5. The summed E-state index contributed by atoms with van der Waals surface area (Å²) < 4.78 is 5.24. The Kier molecular flexibility index (Phi) is 15.5. The molecule has 0 saturated carbocycles. The van der Waals surface area contributed by atoms with Crippen LogP contribution in [0.25, 0.3) is 0 Å². The number of ether oxygens (including phenoxy) is 1. The Morgan fingerprint density at radius 3 is 1.96 bits per heavy atom. The van der Waals surface area contributed by atoms with Gasteiger partial charge in [-0.1, -0.05) is 96.5 Å². The van der Waals surface area contributed by atoms with E-state index in [1.54, 1.807) is 0 Å². The van der Waals surface area contributed by atoms with Crippen molar-refractivity contribution in [3.05, 3.63) is 12.2 Å². The number of hydrogen-bond donors (Lipinski definition) is 1. The molecule has 0 unspecified atom stereocenters. The second kappa shape index (κ2) is 17.3. The van der Waals surface area contributed by atoms with Crippen LogP contribution in [0.3, 0.4) is 0 Å². The Hall–Kier alpha value is -0.830. The van der Waals surface area contributed by atoms with Gasteiger partial charge in [0.1, 0.15) is 6.10 Å². The van der Waals surface area contributed by atoms with Crippen molar-refractivity contribution >= 4 is 5.97 Å². The van der Waals surface area contributed by atoms with Gasteiger partial charge in [0.05, 0.1) is 6.10 Å². The fourth-order valence-corrected chi connectivity index (χ4v) is 3.87. The van der Waals surface area contributed by atoms with Crippen LogP contribution in [0, 0.1) is 0 Å². The average molecular weight is 381 g/mol. The minimum absolute atomic E-state index is 0.0195.